The van der Waals surface area contributed by atoms with Crippen LogP contribution in [0.1, 0.15) is 23.6 Å². The van der Waals surface area contributed by atoms with Gasteiger partial charge in [-0.3, -0.25) is 4.79 Å². The van der Waals surface area contributed by atoms with Crippen molar-refractivity contribution in [2.24, 2.45) is 5.10 Å². The van der Waals surface area contributed by atoms with Gasteiger partial charge in [-0.05, 0) is 23.3 Å². The lowest BCUT2D eigenvalue weighted by atomic mass is 9.98. The summed E-state index contributed by atoms with van der Waals surface area (Å²) in [5.74, 6) is 0. The maximum Gasteiger partial charge on any atom is 0.230 e. The number of amides is 1. The lowest BCUT2D eigenvalue weighted by molar-refractivity contribution is -0.119. The minimum absolute atomic E-state index is 0.0241. The highest BCUT2D eigenvalue weighted by molar-refractivity contribution is 6.02. The molecule has 112 valence electrons. The number of hydrogen-bond acceptors (Lipinski definition) is 3. The molecule has 0 radical (unpaired) electrons. The Labute approximate surface area is 130 Å². The summed E-state index contributed by atoms with van der Waals surface area (Å²) >= 11 is 0. The van der Waals surface area contributed by atoms with Crippen molar-refractivity contribution in [2.45, 2.75) is 12.5 Å². The highest BCUT2D eigenvalue weighted by Crippen LogP contribution is 2.32. The Morgan fingerprint density at radius 2 is 1.77 bits per heavy atom. The van der Waals surface area contributed by atoms with Crippen molar-refractivity contribution >= 4 is 17.8 Å². The number of hydrogen-bond donors (Lipinski definition) is 0. The summed E-state index contributed by atoms with van der Waals surface area (Å²) in [6.45, 7) is 0. The van der Waals surface area contributed by atoms with Crippen LogP contribution >= 0.6 is 0 Å². The predicted octanol–water partition coefficient (Wildman–Crippen LogP) is 3.06. The fourth-order valence-electron chi connectivity index (χ4n) is 2.69. The summed E-state index contributed by atoms with van der Waals surface area (Å²) in [5, 5.41) is 5.98. The van der Waals surface area contributed by atoms with Crippen LogP contribution in [0, 0.1) is 0 Å². The summed E-state index contributed by atoms with van der Waals surface area (Å²) in [6.07, 6.45) is 1.55. The predicted molar refractivity (Wildman–Crippen MR) is 89.0 cm³/mol. The topological polar surface area (TPSA) is 35.9 Å². The van der Waals surface area contributed by atoms with E-state index in [0.717, 1.165) is 35.4 Å². The number of nitrogens with zero attached hydrogens (tertiary/aromatic N) is 3. The molecule has 0 saturated carbocycles. The number of carbonyl (C=O) groups excluding carboxylic acids is 1. The van der Waals surface area contributed by atoms with Crippen molar-refractivity contribution in [1.29, 1.82) is 0 Å². The first-order valence-electron chi connectivity index (χ1n) is 7.33. The molecule has 0 saturated heterocycles. The lowest BCUT2D eigenvalue weighted by Gasteiger charge is -2.19. The molecule has 1 atom stereocenters. The molecule has 22 heavy (non-hydrogen) atoms. The van der Waals surface area contributed by atoms with Crippen LogP contribution in [0.4, 0.5) is 5.69 Å². The quantitative estimate of drug-likeness (QED) is 0.812. The molecule has 0 spiro atoms. The number of hydrazone groups is 1. The van der Waals surface area contributed by atoms with Gasteiger partial charge in [0.15, 0.2) is 0 Å². The third-order valence-electron chi connectivity index (χ3n) is 3.95. The summed E-state index contributed by atoms with van der Waals surface area (Å²) < 4.78 is 0. The van der Waals surface area contributed by atoms with Gasteiger partial charge in [0.05, 0.1) is 11.8 Å². The van der Waals surface area contributed by atoms with Gasteiger partial charge in [-0.25, -0.2) is 5.01 Å². The Morgan fingerprint density at radius 3 is 2.36 bits per heavy atom. The third-order valence-corrected chi connectivity index (χ3v) is 3.95. The SMILES string of the molecule is CN(C)c1ccc(C2CC(c3ccccc3)=NN2C=O)cc1. The van der Waals surface area contributed by atoms with E-state index in [1.807, 2.05) is 44.4 Å². The fourth-order valence-corrected chi connectivity index (χ4v) is 2.69. The molecule has 4 nitrogen and oxygen atoms in total. The van der Waals surface area contributed by atoms with Gasteiger partial charge in [-0.2, -0.15) is 5.10 Å². The maximum atomic E-state index is 11.4. The largest absolute Gasteiger partial charge is 0.378 e. The number of rotatable bonds is 4. The van der Waals surface area contributed by atoms with Gasteiger partial charge in [0.25, 0.3) is 0 Å². The molecule has 2 aromatic rings. The molecule has 0 aromatic heterocycles. The van der Waals surface area contributed by atoms with E-state index < -0.39 is 0 Å². The number of anilines is 1. The van der Waals surface area contributed by atoms with Crippen LogP contribution in [0.15, 0.2) is 59.7 Å². The monoisotopic (exact) mass is 293 g/mol. The first-order valence-corrected chi connectivity index (χ1v) is 7.33. The summed E-state index contributed by atoms with van der Waals surface area (Å²) in [6, 6.07) is 18.3. The maximum absolute atomic E-state index is 11.4. The van der Waals surface area contributed by atoms with Crippen LogP contribution in [0.3, 0.4) is 0 Å². The minimum atomic E-state index is -0.0241. The van der Waals surface area contributed by atoms with Gasteiger partial charge in [0, 0.05) is 26.2 Å². The van der Waals surface area contributed by atoms with Crippen molar-refractivity contribution < 1.29 is 4.79 Å². The molecule has 0 fully saturated rings. The molecule has 2 aromatic carbocycles. The number of benzene rings is 2. The minimum Gasteiger partial charge on any atom is -0.378 e. The fraction of sp³-hybridized carbons (Fsp3) is 0.222. The summed E-state index contributed by atoms with van der Waals surface area (Å²) in [5.41, 5.74) is 4.27. The molecule has 0 bridgehead atoms. The van der Waals surface area contributed by atoms with Gasteiger partial charge < -0.3 is 4.90 Å². The second-order valence-electron chi connectivity index (χ2n) is 5.60. The van der Waals surface area contributed by atoms with Gasteiger partial charge >= 0.3 is 0 Å². The standard InChI is InChI=1S/C18H19N3O/c1-20(2)16-10-8-15(9-11-16)18-12-17(19-21(18)13-22)14-6-4-3-5-7-14/h3-11,13,18H,12H2,1-2H3. The molecule has 1 aliphatic heterocycles. The van der Waals surface area contributed by atoms with E-state index >= 15 is 0 Å². The smallest absolute Gasteiger partial charge is 0.230 e. The van der Waals surface area contributed by atoms with Crippen LogP contribution < -0.4 is 4.90 Å². The van der Waals surface area contributed by atoms with E-state index in [-0.39, 0.29) is 6.04 Å². The second-order valence-corrected chi connectivity index (χ2v) is 5.60. The normalized spacial score (nSPS) is 17.3. The average molecular weight is 293 g/mol. The molecule has 0 N–H and O–H groups in total. The second kappa shape index (κ2) is 6.02. The van der Waals surface area contributed by atoms with Crippen LogP contribution in [0.2, 0.25) is 0 Å². The molecule has 1 aliphatic rings. The van der Waals surface area contributed by atoms with E-state index in [4.69, 9.17) is 0 Å². The molecule has 1 heterocycles. The van der Waals surface area contributed by atoms with Crippen LogP contribution in [-0.4, -0.2) is 31.2 Å². The van der Waals surface area contributed by atoms with E-state index in [0.29, 0.717) is 0 Å². The molecule has 1 unspecified atom stereocenters. The molecule has 4 heteroatoms. The Kier molecular flexibility index (Phi) is 3.92. The van der Waals surface area contributed by atoms with Crippen LogP contribution in [0.5, 0.6) is 0 Å². The molecule has 1 amide bonds. The third kappa shape index (κ3) is 2.72. The van der Waals surface area contributed by atoms with E-state index in [9.17, 15) is 4.79 Å². The van der Waals surface area contributed by atoms with Crippen molar-refractivity contribution in [2.75, 3.05) is 19.0 Å². The van der Waals surface area contributed by atoms with Crippen molar-refractivity contribution in [3.63, 3.8) is 0 Å². The Hall–Kier alpha value is -2.62. The van der Waals surface area contributed by atoms with Crippen molar-refractivity contribution in [3.05, 3.63) is 65.7 Å². The molecule has 3 rings (SSSR count). The Morgan fingerprint density at radius 1 is 1.09 bits per heavy atom. The highest BCUT2D eigenvalue weighted by Gasteiger charge is 2.28. The Bertz CT molecular complexity index is 677. The van der Waals surface area contributed by atoms with Gasteiger partial charge in [-0.15, -0.1) is 0 Å². The zero-order valence-corrected chi connectivity index (χ0v) is 12.8. The van der Waals surface area contributed by atoms with Gasteiger partial charge in [-0.1, -0.05) is 42.5 Å². The van der Waals surface area contributed by atoms with Crippen molar-refractivity contribution in [1.82, 2.24) is 5.01 Å². The van der Waals surface area contributed by atoms with E-state index in [1.54, 1.807) is 0 Å². The first kappa shape index (κ1) is 14.3. The van der Waals surface area contributed by atoms with Gasteiger partial charge in [0.2, 0.25) is 6.41 Å². The summed E-state index contributed by atoms with van der Waals surface area (Å²) in [7, 11) is 4.03. The summed E-state index contributed by atoms with van der Waals surface area (Å²) in [4.78, 5) is 13.4. The zero-order chi connectivity index (χ0) is 15.5. The molecule has 0 aliphatic carbocycles. The van der Waals surface area contributed by atoms with Crippen molar-refractivity contribution in [3.8, 4) is 0 Å². The zero-order valence-electron chi connectivity index (χ0n) is 12.8. The highest BCUT2D eigenvalue weighted by atomic mass is 16.1. The van der Waals surface area contributed by atoms with E-state index in [1.165, 1.54) is 5.01 Å². The van der Waals surface area contributed by atoms with Gasteiger partial charge in [0.1, 0.15) is 0 Å². The number of carbonyl (C=O) groups is 1. The van der Waals surface area contributed by atoms with Crippen LogP contribution in [0.25, 0.3) is 0 Å². The van der Waals surface area contributed by atoms with E-state index in [2.05, 4.69) is 34.3 Å². The molecular formula is C18H19N3O. The Balaban J connectivity index is 1.85. The molecular weight excluding hydrogens is 274 g/mol. The van der Waals surface area contributed by atoms with Crippen LogP contribution in [-0.2, 0) is 4.79 Å². The average Bonchev–Trinajstić information content (AvgIpc) is 3.00. The first-order chi connectivity index (χ1) is 10.7. The lowest BCUT2D eigenvalue weighted by Crippen LogP contribution is -2.17.